The minimum Gasteiger partial charge on any atom is -0.465 e. The smallest absolute Gasteiger partial charge is 0.407 e. The van der Waals surface area contributed by atoms with Crippen LogP contribution in [0.3, 0.4) is 0 Å². The monoisotopic (exact) mass is 522 g/mol. The number of fused-ring (bicyclic) bond motifs is 1. The molecule has 9 nitrogen and oxygen atoms in total. The quantitative estimate of drug-likeness (QED) is 0.405. The predicted molar refractivity (Wildman–Crippen MR) is 138 cm³/mol. The number of hydrogen-bond acceptors (Lipinski definition) is 6. The molecule has 0 unspecified atom stereocenters. The molecule has 4 aromatic rings. The van der Waals surface area contributed by atoms with Crippen LogP contribution in [0.25, 0.3) is 20.8 Å². The summed E-state index contributed by atoms with van der Waals surface area (Å²) in [6, 6.07) is 21.0. The molecule has 11 heteroatoms. The Bertz CT molecular complexity index is 1510. The number of para-hydroxylation sites is 2. The molecular weight excluding hydrogens is 500 g/mol. The van der Waals surface area contributed by atoms with Crippen molar-refractivity contribution < 1.29 is 23.1 Å². The van der Waals surface area contributed by atoms with Crippen LogP contribution in [0, 0.1) is 0 Å². The molecule has 0 spiro atoms. The number of anilines is 1. The van der Waals surface area contributed by atoms with E-state index in [1.807, 2.05) is 42.5 Å². The van der Waals surface area contributed by atoms with Gasteiger partial charge in [-0.05, 0) is 48.5 Å². The maximum atomic E-state index is 13.0. The second kappa shape index (κ2) is 9.69. The lowest BCUT2D eigenvalue weighted by atomic mass is 10.1. The summed E-state index contributed by atoms with van der Waals surface area (Å²) in [6.07, 6.45) is -1.06. The van der Waals surface area contributed by atoms with Crippen molar-refractivity contribution in [1.29, 1.82) is 0 Å². The summed E-state index contributed by atoms with van der Waals surface area (Å²) < 4.78 is 28.2. The SMILES string of the molecule is O=C(Nc1ccccc1-c1nc2ccccc2s1)c1ccc(S(=O)(=O)N2CCN(C(=O)O)CC2)cc1. The van der Waals surface area contributed by atoms with Gasteiger partial charge in [0.05, 0.1) is 20.8 Å². The van der Waals surface area contributed by atoms with Crippen LogP contribution in [0.5, 0.6) is 0 Å². The summed E-state index contributed by atoms with van der Waals surface area (Å²) in [7, 11) is -3.79. The molecule has 1 saturated heterocycles. The number of carbonyl (C=O) groups excluding carboxylic acids is 1. The lowest BCUT2D eigenvalue weighted by Gasteiger charge is -2.32. The maximum absolute atomic E-state index is 13.0. The van der Waals surface area contributed by atoms with Crippen molar-refractivity contribution in [1.82, 2.24) is 14.2 Å². The molecule has 2 N–H and O–H groups in total. The van der Waals surface area contributed by atoms with Crippen LogP contribution in [0.2, 0.25) is 0 Å². The number of carboxylic acid groups (broad SMARTS) is 1. The Morgan fingerprint density at radius 2 is 1.56 bits per heavy atom. The number of thiazole rings is 1. The van der Waals surface area contributed by atoms with Gasteiger partial charge in [0.1, 0.15) is 5.01 Å². The van der Waals surface area contributed by atoms with Crippen molar-refractivity contribution in [3.8, 4) is 10.6 Å². The van der Waals surface area contributed by atoms with Gasteiger partial charge in [0.15, 0.2) is 0 Å². The Balaban J connectivity index is 1.32. The highest BCUT2D eigenvalue weighted by molar-refractivity contribution is 7.89. The molecule has 1 aliphatic heterocycles. The molecule has 3 aromatic carbocycles. The summed E-state index contributed by atoms with van der Waals surface area (Å²) in [4.78, 5) is 30.0. The van der Waals surface area contributed by atoms with E-state index in [9.17, 15) is 18.0 Å². The van der Waals surface area contributed by atoms with Gasteiger partial charge in [0, 0.05) is 37.3 Å². The molecule has 1 aromatic heterocycles. The predicted octanol–water partition coefficient (Wildman–Crippen LogP) is 4.20. The first kappa shape index (κ1) is 23.9. The number of piperazine rings is 1. The molecule has 0 aliphatic carbocycles. The summed E-state index contributed by atoms with van der Waals surface area (Å²) in [5.74, 6) is -0.373. The van der Waals surface area contributed by atoms with E-state index in [0.29, 0.717) is 11.3 Å². The van der Waals surface area contributed by atoms with Gasteiger partial charge in [-0.15, -0.1) is 11.3 Å². The highest BCUT2D eigenvalue weighted by atomic mass is 32.2. The maximum Gasteiger partial charge on any atom is 0.407 e. The summed E-state index contributed by atoms with van der Waals surface area (Å²) in [5.41, 5.74) is 2.60. The van der Waals surface area contributed by atoms with E-state index in [-0.39, 0.29) is 37.0 Å². The molecule has 2 heterocycles. The molecule has 184 valence electrons. The normalized spacial score (nSPS) is 14.6. The van der Waals surface area contributed by atoms with Gasteiger partial charge in [0.2, 0.25) is 10.0 Å². The van der Waals surface area contributed by atoms with E-state index in [1.54, 1.807) is 6.07 Å². The number of benzene rings is 3. The molecule has 2 amide bonds. The highest BCUT2D eigenvalue weighted by Crippen LogP contribution is 2.34. The van der Waals surface area contributed by atoms with Gasteiger partial charge in [-0.3, -0.25) is 4.79 Å². The second-order valence-corrected chi connectivity index (χ2v) is 11.2. The standard InChI is InChI=1S/C25H22N4O5S2/c30-23(26-20-6-2-1-5-19(20)24-27-21-7-3-4-8-22(21)35-24)17-9-11-18(12-10-17)36(33,34)29-15-13-28(14-16-29)25(31)32/h1-12H,13-16H2,(H,26,30)(H,31,32). The zero-order valence-electron chi connectivity index (χ0n) is 19.0. The van der Waals surface area contributed by atoms with E-state index >= 15 is 0 Å². The van der Waals surface area contributed by atoms with Gasteiger partial charge in [-0.2, -0.15) is 4.31 Å². The fourth-order valence-corrected chi connectivity index (χ4v) is 6.43. The third-order valence-corrected chi connectivity index (χ3v) is 8.95. The van der Waals surface area contributed by atoms with Crippen LogP contribution in [0.15, 0.2) is 77.7 Å². The largest absolute Gasteiger partial charge is 0.465 e. The average molecular weight is 523 g/mol. The minimum atomic E-state index is -3.79. The fourth-order valence-electron chi connectivity index (χ4n) is 4.01. The van der Waals surface area contributed by atoms with Crippen LogP contribution in [0.4, 0.5) is 10.5 Å². The van der Waals surface area contributed by atoms with E-state index in [0.717, 1.165) is 20.8 Å². The topological polar surface area (TPSA) is 120 Å². The molecule has 0 saturated carbocycles. The van der Waals surface area contributed by atoms with E-state index in [1.165, 1.54) is 44.8 Å². The average Bonchev–Trinajstić information content (AvgIpc) is 3.33. The number of sulfonamides is 1. The molecule has 0 atom stereocenters. The highest BCUT2D eigenvalue weighted by Gasteiger charge is 2.30. The van der Waals surface area contributed by atoms with Gasteiger partial charge in [-0.1, -0.05) is 24.3 Å². The lowest BCUT2D eigenvalue weighted by molar-refractivity contribution is 0.102. The third kappa shape index (κ3) is 4.68. The van der Waals surface area contributed by atoms with Crippen molar-refractivity contribution in [2.24, 2.45) is 0 Å². The van der Waals surface area contributed by atoms with Crippen molar-refractivity contribution in [2.75, 3.05) is 31.5 Å². The van der Waals surface area contributed by atoms with E-state index in [2.05, 4.69) is 10.3 Å². The molecular formula is C25H22N4O5S2. The molecule has 36 heavy (non-hydrogen) atoms. The van der Waals surface area contributed by atoms with Crippen molar-refractivity contribution in [3.63, 3.8) is 0 Å². The van der Waals surface area contributed by atoms with E-state index < -0.39 is 16.1 Å². The summed E-state index contributed by atoms with van der Waals surface area (Å²) >= 11 is 1.54. The zero-order chi connectivity index (χ0) is 25.3. The Morgan fingerprint density at radius 1 is 0.889 bits per heavy atom. The second-order valence-electron chi connectivity index (χ2n) is 8.18. The summed E-state index contributed by atoms with van der Waals surface area (Å²) in [6.45, 7) is 0.394. The molecule has 1 aliphatic rings. The van der Waals surface area contributed by atoms with Crippen LogP contribution in [-0.4, -0.2) is 65.9 Å². The van der Waals surface area contributed by atoms with Crippen molar-refractivity contribution >= 4 is 49.3 Å². The number of rotatable bonds is 5. The number of nitrogens with one attached hydrogen (secondary N) is 1. The van der Waals surface area contributed by atoms with E-state index in [4.69, 9.17) is 5.11 Å². The Morgan fingerprint density at radius 3 is 2.25 bits per heavy atom. The molecule has 0 bridgehead atoms. The van der Waals surface area contributed by atoms with Crippen LogP contribution < -0.4 is 5.32 Å². The van der Waals surface area contributed by atoms with Crippen molar-refractivity contribution in [3.05, 3.63) is 78.4 Å². The first-order valence-electron chi connectivity index (χ1n) is 11.2. The Kier molecular flexibility index (Phi) is 6.44. The van der Waals surface area contributed by atoms with Crippen molar-refractivity contribution in [2.45, 2.75) is 4.90 Å². The van der Waals surface area contributed by atoms with Gasteiger partial charge < -0.3 is 15.3 Å². The first-order chi connectivity index (χ1) is 17.3. The fraction of sp³-hybridized carbons (Fsp3) is 0.160. The Hall–Kier alpha value is -3.80. The molecule has 0 radical (unpaired) electrons. The number of amides is 2. The van der Waals surface area contributed by atoms with Gasteiger partial charge in [-0.25, -0.2) is 18.2 Å². The molecule has 5 rings (SSSR count). The summed E-state index contributed by atoms with van der Waals surface area (Å²) in [5, 5.41) is 12.8. The van der Waals surface area contributed by atoms with Crippen LogP contribution in [0.1, 0.15) is 10.4 Å². The Labute approximate surface area is 211 Å². The number of carbonyl (C=O) groups is 2. The third-order valence-electron chi connectivity index (χ3n) is 5.96. The minimum absolute atomic E-state index is 0.0534. The van der Waals surface area contributed by atoms with Crippen LogP contribution >= 0.6 is 11.3 Å². The number of aromatic nitrogens is 1. The molecule has 1 fully saturated rings. The number of hydrogen-bond donors (Lipinski definition) is 2. The van der Waals surface area contributed by atoms with Gasteiger partial charge in [0.25, 0.3) is 5.91 Å². The van der Waals surface area contributed by atoms with Gasteiger partial charge >= 0.3 is 6.09 Å². The zero-order valence-corrected chi connectivity index (χ0v) is 20.6. The lowest BCUT2D eigenvalue weighted by Crippen LogP contribution is -2.50. The van der Waals surface area contributed by atoms with Crippen LogP contribution in [-0.2, 0) is 10.0 Å². The first-order valence-corrected chi connectivity index (χ1v) is 13.4. The number of nitrogens with zero attached hydrogens (tertiary/aromatic N) is 3.